The van der Waals surface area contributed by atoms with Crippen LogP contribution in [0.4, 0.5) is 11.5 Å². The molecule has 1 aromatic carbocycles. The Morgan fingerprint density at radius 1 is 1.22 bits per heavy atom. The van der Waals surface area contributed by atoms with Gasteiger partial charge in [0.1, 0.15) is 11.2 Å². The summed E-state index contributed by atoms with van der Waals surface area (Å²) >= 11 is 5.89. The highest BCUT2D eigenvalue weighted by Gasteiger charge is 2.44. The molecule has 12 heteroatoms. The molecule has 2 unspecified atom stereocenters. The maximum absolute atomic E-state index is 12.0. The van der Waals surface area contributed by atoms with Crippen LogP contribution in [0.5, 0.6) is 0 Å². The third kappa shape index (κ3) is 4.42. The lowest BCUT2D eigenvalue weighted by Crippen LogP contribution is -2.26. The Bertz CT molecular complexity index is 1530. The molecule has 0 amide bonds. The van der Waals surface area contributed by atoms with E-state index in [-0.39, 0.29) is 45.9 Å². The molecule has 2 saturated heterocycles. The maximum atomic E-state index is 12.0. The van der Waals surface area contributed by atoms with Gasteiger partial charge >= 0.3 is 5.97 Å². The molecule has 0 radical (unpaired) electrons. The van der Waals surface area contributed by atoms with E-state index >= 15 is 0 Å². The second kappa shape index (κ2) is 8.87. The molecule has 0 saturated carbocycles. The molecule has 2 aliphatic heterocycles. The van der Waals surface area contributed by atoms with E-state index in [1.54, 1.807) is 6.07 Å². The van der Waals surface area contributed by atoms with E-state index in [0.29, 0.717) is 35.6 Å². The van der Waals surface area contributed by atoms with Gasteiger partial charge in [0.15, 0.2) is 27.0 Å². The molecule has 4 heterocycles. The third-order valence-corrected chi connectivity index (χ3v) is 8.83. The first-order chi connectivity index (χ1) is 17.0. The number of aryl methyl sites for hydroxylation is 1. The fourth-order valence-corrected chi connectivity index (χ4v) is 7.53. The van der Waals surface area contributed by atoms with Crippen LogP contribution < -0.4 is 10.2 Å². The zero-order chi connectivity index (χ0) is 25.8. The Morgan fingerprint density at radius 3 is 2.56 bits per heavy atom. The van der Waals surface area contributed by atoms with Crippen molar-refractivity contribution in [1.82, 2.24) is 15.0 Å². The minimum atomic E-state index is -3.02. The predicted octanol–water partition coefficient (Wildman–Crippen LogP) is 3.21. The molecule has 36 heavy (non-hydrogen) atoms. The Kier molecular flexibility index (Phi) is 5.97. The topological polar surface area (TPSA) is 149 Å². The van der Waals surface area contributed by atoms with Crippen LogP contribution >= 0.6 is 11.6 Å². The first-order valence-electron chi connectivity index (χ1n) is 11.4. The predicted molar refractivity (Wildman–Crippen MR) is 135 cm³/mol. The number of hydrogen-bond acceptors (Lipinski definition) is 9. The molecule has 2 aliphatic rings. The lowest BCUT2D eigenvalue weighted by atomic mass is 10.0. The van der Waals surface area contributed by atoms with Gasteiger partial charge < -0.3 is 15.3 Å². The normalized spacial score (nSPS) is 21.2. The van der Waals surface area contributed by atoms with Gasteiger partial charge in [-0.2, -0.15) is 5.26 Å². The van der Waals surface area contributed by atoms with Crippen LogP contribution in [0, 0.1) is 30.1 Å². The van der Waals surface area contributed by atoms with Gasteiger partial charge in [-0.25, -0.2) is 28.2 Å². The monoisotopic (exact) mass is 526 g/mol. The molecule has 2 fully saturated rings. The second-order valence-corrected chi connectivity index (χ2v) is 12.0. The largest absolute Gasteiger partial charge is 0.476 e. The fourth-order valence-electron chi connectivity index (χ4n) is 5.18. The van der Waals surface area contributed by atoms with Gasteiger partial charge in [0.2, 0.25) is 0 Å². The molecule has 0 spiro atoms. The zero-order valence-corrected chi connectivity index (χ0v) is 21.1. The Balaban J connectivity index is 1.54. The summed E-state index contributed by atoms with van der Waals surface area (Å²) in [6, 6.07) is 8.63. The number of nitrogens with zero attached hydrogens (tertiary/aromatic N) is 5. The molecule has 0 aliphatic carbocycles. The summed E-state index contributed by atoms with van der Waals surface area (Å²) in [4.78, 5) is 27.0. The van der Waals surface area contributed by atoms with Crippen molar-refractivity contribution in [2.24, 2.45) is 11.8 Å². The van der Waals surface area contributed by atoms with Crippen LogP contribution in [0.1, 0.15) is 40.3 Å². The van der Waals surface area contributed by atoms with E-state index in [4.69, 9.17) is 16.6 Å². The molecule has 2 aromatic heterocycles. The Morgan fingerprint density at radius 2 is 1.92 bits per heavy atom. The number of anilines is 2. The fraction of sp³-hybridized carbons (Fsp3) is 0.375. The van der Waals surface area contributed by atoms with Crippen molar-refractivity contribution in [3.63, 3.8) is 0 Å². The van der Waals surface area contributed by atoms with Crippen LogP contribution in [-0.2, 0) is 9.84 Å². The molecule has 0 bridgehead atoms. The summed E-state index contributed by atoms with van der Waals surface area (Å²) in [6.45, 7) is 4.80. The van der Waals surface area contributed by atoms with Gasteiger partial charge in [0.25, 0.3) is 0 Å². The lowest BCUT2D eigenvalue weighted by Gasteiger charge is -2.22. The molecular weight excluding hydrogens is 504 g/mol. The lowest BCUT2D eigenvalue weighted by molar-refractivity contribution is 0.0691. The summed E-state index contributed by atoms with van der Waals surface area (Å²) < 4.78 is 24.0. The molecule has 3 atom stereocenters. The van der Waals surface area contributed by atoms with Crippen molar-refractivity contribution in [3.05, 3.63) is 51.9 Å². The number of benzene rings is 1. The van der Waals surface area contributed by atoms with Crippen LogP contribution in [0.2, 0.25) is 5.15 Å². The number of nitrogens with one attached hydrogen (secondary N) is 1. The summed E-state index contributed by atoms with van der Waals surface area (Å²) in [7, 11) is -3.02. The van der Waals surface area contributed by atoms with E-state index in [0.717, 1.165) is 11.1 Å². The summed E-state index contributed by atoms with van der Waals surface area (Å²) in [5, 5.41) is 22.6. The summed E-state index contributed by atoms with van der Waals surface area (Å²) in [6.07, 6.45) is 0. The number of aromatic carboxylic acids is 1. The highest BCUT2D eigenvalue weighted by Crippen LogP contribution is 2.37. The Labute approximate surface area is 212 Å². The van der Waals surface area contributed by atoms with Crippen LogP contribution in [0.3, 0.4) is 0 Å². The molecule has 5 rings (SSSR count). The van der Waals surface area contributed by atoms with Crippen LogP contribution in [0.25, 0.3) is 11.0 Å². The number of hydrogen-bond donors (Lipinski definition) is 2. The molecule has 3 aromatic rings. The smallest absolute Gasteiger partial charge is 0.356 e. The minimum Gasteiger partial charge on any atom is -0.476 e. The number of nitriles is 1. The molecule has 10 nitrogen and oxygen atoms in total. The van der Waals surface area contributed by atoms with Crippen molar-refractivity contribution in [2.45, 2.75) is 19.9 Å². The number of carboxylic acids is 1. The first kappa shape index (κ1) is 24.2. The number of sulfone groups is 1. The van der Waals surface area contributed by atoms with Gasteiger partial charge in [-0.1, -0.05) is 17.7 Å². The van der Waals surface area contributed by atoms with Crippen molar-refractivity contribution in [3.8, 4) is 6.07 Å². The van der Waals surface area contributed by atoms with Crippen molar-refractivity contribution in [1.29, 1.82) is 5.26 Å². The summed E-state index contributed by atoms with van der Waals surface area (Å²) in [5.41, 5.74) is 3.12. The van der Waals surface area contributed by atoms with Gasteiger partial charge in [0, 0.05) is 18.7 Å². The summed E-state index contributed by atoms with van der Waals surface area (Å²) in [5.74, 6) is -0.419. The highest BCUT2D eigenvalue weighted by atomic mass is 35.5. The molecule has 2 N–H and O–H groups in total. The van der Waals surface area contributed by atoms with Crippen molar-refractivity contribution < 1.29 is 18.3 Å². The van der Waals surface area contributed by atoms with Crippen molar-refractivity contribution in [2.75, 3.05) is 34.8 Å². The number of carboxylic acid groups (broad SMARTS) is 1. The zero-order valence-electron chi connectivity index (χ0n) is 19.6. The number of pyridine rings is 1. The number of halogens is 1. The van der Waals surface area contributed by atoms with E-state index in [1.165, 1.54) is 6.07 Å². The van der Waals surface area contributed by atoms with Crippen LogP contribution in [-0.4, -0.2) is 59.0 Å². The molecule has 186 valence electrons. The third-order valence-electron chi connectivity index (χ3n) is 6.75. The molecular formula is C24H23ClN6O4S. The quantitative estimate of drug-likeness (QED) is 0.474. The van der Waals surface area contributed by atoms with E-state index < -0.39 is 15.8 Å². The first-order valence-corrected chi connectivity index (χ1v) is 13.6. The Hall–Kier alpha value is -3.49. The highest BCUT2D eigenvalue weighted by molar-refractivity contribution is 7.91. The van der Waals surface area contributed by atoms with E-state index in [2.05, 4.69) is 21.4 Å². The SMILES string of the molecule is Cc1cc([C@@H](C)Nc2ccc(Cl)nc2C(=O)O)c2nc(N3CC4CS(=O)(=O)CC4C3)c(C#N)nc2c1. The van der Waals surface area contributed by atoms with E-state index in [1.807, 2.05) is 30.9 Å². The average Bonchev–Trinajstić information content (AvgIpc) is 3.32. The van der Waals surface area contributed by atoms with Crippen LogP contribution in [0.15, 0.2) is 24.3 Å². The van der Waals surface area contributed by atoms with Gasteiger partial charge in [-0.15, -0.1) is 0 Å². The van der Waals surface area contributed by atoms with Gasteiger partial charge in [-0.3, -0.25) is 0 Å². The second-order valence-electron chi connectivity index (χ2n) is 9.43. The van der Waals surface area contributed by atoms with Gasteiger partial charge in [0.05, 0.1) is 34.3 Å². The standard InChI is InChI=1S/C24H23ClN6O4S/c1-12-5-16(13(2)27-17-3-4-20(25)29-22(17)24(32)33)21-18(6-12)28-19(7-26)23(30-21)31-8-14-10-36(34,35)11-15(14)9-31/h3-6,13-15,27H,8-11H2,1-2H3,(H,32,33)/t13-,14?,15?/m1/s1. The van der Waals surface area contributed by atoms with Crippen molar-refractivity contribution >= 4 is 49.9 Å². The number of carbonyl (C=O) groups is 1. The van der Waals surface area contributed by atoms with E-state index in [9.17, 15) is 23.6 Å². The van der Waals surface area contributed by atoms with Gasteiger partial charge in [-0.05, 0) is 49.4 Å². The maximum Gasteiger partial charge on any atom is 0.356 e. The number of fused-ring (bicyclic) bond motifs is 2. The number of rotatable bonds is 5. The average molecular weight is 527 g/mol. The number of aromatic nitrogens is 3. The minimum absolute atomic E-state index is 0.0176.